The second-order valence-electron chi connectivity index (χ2n) is 4.60. The number of hydrogen-bond acceptors (Lipinski definition) is 2. The molecule has 0 heterocycles. The molecule has 0 aliphatic rings. The highest BCUT2D eigenvalue weighted by atomic mass is 127. The van der Waals surface area contributed by atoms with Crippen molar-refractivity contribution in [3.05, 3.63) is 31.8 Å². The van der Waals surface area contributed by atoms with Gasteiger partial charge in [-0.25, -0.2) is 0 Å². The Kier molecular flexibility index (Phi) is 4.97. The molecule has 1 aromatic rings. The first-order chi connectivity index (χ1) is 7.70. The van der Waals surface area contributed by atoms with Crippen molar-refractivity contribution in [2.75, 3.05) is 13.6 Å². The Bertz CT molecular complexity index is 429. The van der Waals surface area contributed by atoms with Crippen molar-refractivity contribution in [2.24, 2.45) is 0 Å². The summed E-state index contributed by atoms with van der Waals surface area (Å²) >= 11 is 5.48. The average Bonchev–Trinajstić information content (AvgIpc) is 2.18. The molecule has 0 saturated carbocycles. The first-order valence-electron chi connectivity index (χ1n) is 5.13. The molecule has 0 atom stereocenters. The first-order valence-corrected chi connectivity index (χ1v) is 7.01. The minimum Gasteiger partial charge on any atom is -0.389 e. The number of carbonyl (C=O) groups is 1. The van der Waals surface area contributed by atoms with Crippen molar-refractivity contribution in [2.45, 2.75) is 19.4 Å². The zero-order valence-electron chi connectivity index (χ0n) is 10.00. The van der Waals surface area contributed by atoms with E-state index in [2.05, 4.69) is 38.5 Å². The van der Waals surface area contributed by atoms with Gasteiger partial charge in [-0.1, -0.05) is 15.9 Å². The molecule has 1 rings (SSSR count). The molecule has 0 aliphatic heterocycles. The topological polar surface area (TPSA) is 40.5 Å². The first kappa shape index (κ1) is 14.9. The molecule has 0 radical (unpaired) electrons. The van der Waals surface area contributed by atoms with Crippen LogP contribution < -0.4 is 0 Å². The van der Waals surface area contributed by atoms with Crippen LogP contribution in [-0.2, 0) is 0 Å². The van der Waals surface area contributed by atoms with Crippen LogP contribution in [0.2, 0.25) is 0 Å². The van der Waals surface area contributed by atoms with Gasteiger partial charge in [-0.05, 0) is 54.6 Å². The lowest BCUT2D eigenvalue weighted by atomic mass is 10.1. The van der Waals surface area contributed by atoms with Crippen molar-refractivity contribution >= 4 is 44.4 Å². The van der Waals surface area contributed by atoms with Gasteiger partial charge in [-0.3, -0.25) is 4.79 Å². The molecule has 17 heavy (non-hydrogen) atoms. The SMILES string of the molecule is CN(CC(C)(C)O)C(=O)c1cc(Br)ccc1I. The summed E-state index contributed by atoms with van der Waals surface area (Å²) in [5, 5.41) is 9.70. The van der Waals surface area contributed by atoms with Gasteiger partial charge in [0, 0.05) is 21.6 Å². The van der Waals surface area contributed by atoms with Crippen molar-refractivity contribution in [3.8, 4) is 0 Å². The zero-order valence-corrected chi connectivity index (χ0v) is 13.7. The second-order valence-corrected chi connectivity index (χ2v) is 6.68. The minimum atomic E-state index is -0.887. The summed E-state index contributed by atoms with van der Waals surface area (Å²) in [5.41, 5.74) is -0.242. The maximum Gasteiger partial charge on any atom is 0.254 e. The van der Waals surface area contributed by atoms with Gasteiger partial charge in [0.1, 0.15) is 0 Å². The molecule has 0 aliphatic carbocycles. The van der Waals surface area contributed by atoms with Gasteiger partial charge in [0.05, 0.1) is 11.2 Å². The molecule has 0 spiro atoms. The van der Waals surface area contributed by atoms with Crippen LogP contribution in [0.25, 0.3) is 0 Å². The van der Waals surface area contributed by atoms with E-state index in [1.54, 1.807) is 27.0 Å². The van der Waals surface area contributed by atoms with E-state index in [-0.39, 0.29) is 5.91 Å². The molecule has 0 saturated heterocycles. The maximum atomic E-state index is 12.2. The molecular formula is C12H15BrINO2. The van der Waals surface area contributed by atoms with Gasteiger partial charge in [0.2, 0.25) is 0 Å². The quantitative estimate of drug-likeness (QED) is 0.777. The maximum absolute atomic E-state index is 12.2. The Morgan fingerprint density at radius 2 is 2.12 bits per heavy atom. The number of rotatable bonds is 3. The van der Waals surface area contributed by atoms with Crippen LogP contribution in [0.4, 0.5) is 0 Å². The van der Waals surface area contributed by atoms with E-state index in [0.29, 0.717) is 12.1 Å². The fourth-order valence-electron chi connectivity index (χ4n) is 1.52. The number of carbonyl (C=O) groups excluding carboxylic acids is 1. The number of nitrogens with zero attached hydrogens (tertiary/aromatic N) is 1. The Hall–Kier alpha value is -0.140. The third kappa shape index (κ3) is 4.56. The fourth-order valence-corrected chi connectivity index (χ4v) is 2.45. The lowest BCUT2D eigenvalue weighted by molar-refractivity contribution is 0.0367. The molecule has 0 unspecified atom stereocenters. The van der Waals surface area contributed by atoms with E-state index in [9.17, 15) is 9.90 Å². The van der Waals surface area contributed by atoms with Crippen LogP contribution in [0, 0.1) is 3.57 Å². The number of amides is 1. The lowest BCUT2D eigenvalue weighted by Crippen LogP contribution is -2.39. The molecule has 94 valence electrons. The molecule has 1 aromatic carbocycles. The van der Waals surface area contributed by atoms with Gasteiger partial charge < -0.3 is 10.0 Å². The van der Waals surface area contributed by atoms with E-state index >= 15 is 0 Å². The normalized spacial score (nSPS) is 11.4. The van der Waals surface area contributed by atoms with Crippen LogP contribution in [-0.4, -0.2) is 35.1 Å². The predicted molar refractivity (Wildman–Crippen MR) is 80.1 cm³/mol. The Labute approximate surface area is 123 Å². The van der Waals surface area contributed by atoms with E-state index in [0.717, 1.165) is 8.04 Å². The number of aliphatic hydroxyl groups is 1. The van der Waals surface area contributed by atoms with E-state index in [4.69, 9.17) is 0 Å². The fraction of sp³-hybridized carbons (Fsp3) is 0.417. The summed E-state index contributed by atoms with van der Waals surface area (Å²) in [7, 11) is 1.69. The summed E-state index contributed by atoms with van der Waals surface area (Å²) in [4.78, 5) is 13.7. The van der Waals surface area contributed by atoms with E-state index in [1.807, 2.05) is 12.1 Å². The number of hydrogen-bond donors (Lipinski definition) is 1. The summed E-state index contributed by atoms with van der Waals surface area (Å²) in [6, 6.07) is 5.58. The molecule has 0 aromatic heterocycles. The minimum absolute atomic E-state index is 0.0853. The molecule has 5 heteroatoms. The van der Waals surface area contributed by atoms with E-state index < -0.39 is 5.60 Å². The van der Waals surface area contributed by atoms with Gasteiger partial charge in [-0.15, -0.1) is 0 Å². The van der Waals surface area contributed by atoms with Crippen LogP contribution in [0.3, 0.4) is 0 Å². The molecule has 1 N–H and O–H groups in total. The molecule has 3 nitrogen and oxygen atoms in total. The van der Waals surface area contributed by atoms with Gasteiger partial charge in [-0.2, -0.15) is 0 Å². The van der Waals surface area contributed by atoms with Crippen molar-refractivity contribution in [3.63, 3.8) is 0 Å². The second kappa shape index (κ2) is 5.67. The van der Waals surface area contributed by atoms with E-state index in [1.165, 1.54) is 4.90 Å². The summed E-state index contributed by atoms with van der Waals surface area (Å²) in [6.45, 7) is 3.67. The Morgan fingerprint density at radius 3 is 2.65 bits per heavy atom. The zero-order chi connectivity index (χ0) is 13.2. The van der Waals surface area contributed by atoms with Gasteiger partial charge in [0.25, 0.3) is 5.91 Å². The highest BCUT2D eigenvalue weighted by Gasteiger charge is 2.21. The lowest BCUT2D eigenvalue weighted by Gasteiger charge is -2.26. The van der Waals surface area contributed by atoms with Gasteiger partial charge >= 0.3 is 0 Å². The third-order valence-electron chi connectivity index (χ3n) is 2.13. The summed E-state index contributed by atoms with van der Waals surface area (Å²) in [5.74, 6) is -0.0853. The highest BCUT2D eigenvalue weighted by Crippen LogP contribution is 2.20. The average molecular weight is 412 g/mol. The summed E-state index contributed by atoms with van der Waals surface area (Å²) < 4.78 is 1.77. The molecule has 0 bridgehead atoms. The van der Waals surface area contributed by atoms with Crippen molar-refractivity contribution in [1.82, 2.24) is 4.90 Å². The van der Waals surface area contributed by atoms with Gasteiger partial charge in [0.15, 0.2) is 0 Å². The van der Waals surface area contributed by atoms with Crippen LogP contribution >= 0.6 is 38.5 Å². The van der Waals surface area contributed by atoms with Crippen LogP contribution in [0.15, 0.2) is 22.7 Å². The monoisotopic (exact) mass is 411 g/mol. The molecule has 1 amide bonds. The number of halogens is 2. The Balaban J connectivity index is 2.93. The van der Waals surface area contributed by atoms with Crippen LogP contribution in [0.5, 0.6) is 0 Å². The number of likely N-dealkylation sites (N-methyl/N-ethyl adjacent to an activating group) is 1. The third-order valence-corrected chi connectivity index (χ3v) is 3.56. The smallest absolute Gasteiger partial charge is 0.254 e. The molecular weight excluding hydrogens is 397 g/mol. The number of benzene rings is 1. The Morgan fingerprint density at radius 1 is 1.53 bits per heavy atom. The van der Waals surface area contributed by atoms with Crippen LogP contribution in [0.1, 0.15) is 24.2 Å². The predicted octanol–water partition coefficient (Wildman–Crippen LogP) is 2.90. The van der Waals surface area contributed by atoms with Crippen molar-refractivity contribution in [1.29, 1.82) is 0 Å². The summed E-state index contributed by atoms with van der Waals surface area (Å²) in [6.07, 6.45) is 0. The van der Waals surface area contributed by atoms with Crippen molar-refractivity contribution < 1.29 is 9.90 Å². The standard InChI is InChI=1S/C12H15BrINO2/c1-12(2,17)7-15(3)11(16)9-6-8(13)4-5-10(9)14/h4-6,17H,7H2,1-3H3. The highest BCUT2D eigenvalue weighted by molar-refractivity contribution is 14.1. The molecule has 0 fully saturated rings. The largest absolute Gasteiger partial charge is 0.389 e.